The van der Waals surface area contributed by atoms with Crippen molar-refractivity contribution in [2.75, 3.05) is 0 Å². The van der Waals surface area contributed by atoms with Crippen molar-refractivity contribution in [1.29, 1.82) is 0 Å². The van der Waals surface area contributed by atoms with Gasteiger partial charge in [-0.15, -0.1) is 0 Å². The lowest BCUT2D eigenvalue weighted by molar-refractivity contribution is 0.669. The summed E-state index contributed by atoms with van der Waals surface area (Å²) in [6.45, 7) is 2.02. The molecule has 0 radical (unpaired) electrons. The maximum Gasteiger partial charge on any atom is 0.136 e. The first-order valence-corrected chi connectivity index (χ1v) is 5.42. The normalized spacial score (nSPS) is 11.8. The fraction of sp³-hybridized carbons (Fsp3) is 0.0667. The molecule has 1 heteroatoms. The van der Waals surface area contributed by atoms with Gasteiger partial charge in [-0.25, -0.2) is 0 Å². The van der Waals surface area contributed by atoms with Crippen LogP contribution in [0.5, 0.6) is 0 Å². The van der Waals surface area contributed by atoms with Gasteiger partial charge in [0.05, 0.1) is 0 Å². The minimum atomic E-state index is 0.954. The monoisotopic (exact) mass is 208 g/mol. The van der Waals surface area contributed by atoms with E-state index in [1.807, 2.05) is 31.2 Å². The lowest BCUT2D eigenvalue weighted by atomic mass is 10.1. The first-order valence-electron chi connectivity index (χ1n) is 5.42. The summed E-state index contributed by atoms with van der Waals surface area (Å²) >= 11 is 0. The largest absolute Gasteiger partial charge is 0.456 e. The van der Waals surface area contributed by atoms with Crippen molar-refractivity contribution >= 4 is 28.0 Å². The van der Waals surface area contributed by atoms with Crippen LogP contribution in [0.2, 0.25) is 0 Å². The molecular formula is C15H12O. The Bertz CT molecular complexity index is 674. The maximum absolute atomic E-state index is 5.81. The van der Waals surface area contributed by atoms with Gasteiger partial charge in [-0.1, -0.05) is 36.4 Å². The van der Waals surface area contributed by atoms with Crippen molar-refractivity contribution in [3.8, 4) is 0 Å². The highest BCUT2D eigenvalue weighted by Crippen LogP contribution is 2.29. The molecule has 78 valence electrons. The molecule has 0 aliphatic rings. The number of para-hydroxylation sites is 1. The maximum atomic E-state index is 5.81. The molecule has 0 unspecified atom stereocenters. The van der Waals surface area contributed by atoms with Gasteiger partial charge in [0.2, 0.25) is 0 Å². The SMILES string of the molecule is C/C=C/c1ccc2c(c1)oc1ccccc12. The van der Waals surface area contributed by atoms with Crippen LogP contribution in [0.1, 0.15) is 12.5 Å². The molecule has 0 bridgehead atoms. The molecule has 1 nitrogen and oxygen atoms in total. The molecule has 0 fully saturated rings. The standard InChI is InChI=1S/C15H12O/c1-2-5-11-8-9-13-12-6-3-4-7-14(12)16-15(13)10-11/h2-10H,1H3/b5-2+. The van der Waals surface area contributed by atoms with Gasteiger partial charge < -0.3 is 4.42 Å². The van der Waals surface area contributed by atoms with Gasteiger partial charge >= 0.3 is 0 Å². The Morgan fingerprint density at radius 1 is 0.938 bits per heavy atom. The second-order valence-electron chi connectivity index (χ2n) is 3.85. The van der Waals surface area contributed by atoms with Gasteiger partial charge in [0.1, 0.15) is 11.2 Å². The molecule has 2 aromatic carbocycles. The second-order valence-corrected chi connectivity index (χ2v) is 3.85. The number of rotatable bonds is 1. The summed E-state index contributed by atoms with van der Waals surface area (Å²) in [5.41, 5.74) is 3.08. The average molecular weight is 208 g/mol. The number of benzene rings is 2. The zero-order chi connectivity index (χ0) is 11.0. The minimum absolute atomic E-state index is 0.954. The highest BCUT2D eigenvalue weighted by atomic mass is 16.3. The average Bonchev–Trinajstić information content (AvgIpc) is 2.67. The molecule has 16 heavy (non-hydrogen) atoms. The molecule has 0 atom stereocenters. The molecule has 0 N–H and O–H groups in total. The topological polar surface area (TPSA) is 13.1 Å². The van der Waals surface area contributed by atoms with Crippen LogP contribution in [0.3, 0.4) is 0 Å². The molecule has 0 saturated carbocycles. The fourth-order valence-corrected chi connectivity index (χ4v) is 2.04. The number of allylic oxidation sites excluding steroid dienone is 1. The zero-order valence-electron chi connectivity index (χ0n) is 9.10. The van der Waals surface area contributed by atoms with Crippen LogP contribution in [-0.2, 0) is 0 Å². The molecule has 0 spiro atoms. The van der Waals surface area contributed by atoms with Crippen molar-refractivity contribution in [1.82, 2.24) is 0 Å². The number of furan rings is 1. The van der Waals surface area contributed by atoms with Crippen LogP contribution < -0.4 is 0 Å². The Morgan fingerprint density at radius 2 is 1.75 bits per heavy atom. The molecule has 1 aromatic heterocycles. The zero-order valence-corrected chi connectivity index (χ0v) is 9.10. The van der Waals surface area contributed by atoms with E-state index in [1.165, 1.54) is 16.3 Å². The Labute approximate surface area is 94.0 Å². The number of hydrogen-bond donors (Lipinski definition) is 0. The third kappa shape index (κ3) is 1.33. The first kappa shape index (κ1) is 9.22. The lowest BCUT2D eigenvalue weighted by Gasteiger charge is -1.92. The van der Waals surface area contributed by atoms with E-state index in [2.05, 4.69) is 30.3 Å². The molecule has 1 heterocycles. The quantitative estimate of drug-likeness (QED) is 0.568. The van der Waals surface area contributed by atoms with E-state index in [9.17, 15) is 0 Å². The Kier molecular flexibility index (Phi) is 2.03. The predicted molar refractivity (Wildman–Crippen MR) is 68.4 cm³/mol. The molecule has 0 aliphatic heterocycles. The van der Waals surface area contributed by atoms with E-state index in [-0.39, 0.29) is 0 Å². The molecule has 0 aliphatic carbocycles. The predicted octanol–water partition coefficient (Wildman–Crippen LogP) is 4.62. The van der Waals surface area contributed by atoms with Crippen molar-refractivity contribution in [2.45, 2.75) is 6.92 Å². The third-order valence-corrected chi connectivity index (χ3v) is 2.76. The summed E-state index contributed by atoms with van der Waals surface area (Å²) in [5, 5.41) is 2.37. The summed E-state index contributed by atoms with van der Waals surface area (Å²) in [5.74, 6) is 0. The van der Waals surface area contributed by atoms with Crippen molar-refractivity contribution in [3.05, 3.63) is 54.1 Å². The van der Waals surface area contributed by atoms with Gasteiger partial charge in [0.15, 0.2) is 0 Å². The molecule has 3 aromatic rings. The third-order valence-electron chi connectivity index (χ3n) is 2.76. The van der Waals surface area contributed by atoms with Gasteiger partial charge in [-0.3, -0.25) is 0 Å². The highest BCUT2D eigenvalue weighted by molar-refractivity contribution is 6.05. The van der Waals surface area contributed by atoms with Gasteiger partial charge in [-0.2, -0.15) is 0 Å². The summed E-state index contributed by atoms with van der Waals surface area (Å²) in [4.78, 5) is 0. The summed E-state index contributed by atoms with van der Waals surface area (Å²) in [7, 11) is 0. The van der Waals surface area contributed by atoms with Gasteiger partial charge in [-0.05, 0) is 30.7 Å². The molecule has 3 rings (SSSR count). The Morgan fingerprint density at radius 3 is 2.62 bits per heavy atom. The van der Waals surface area contributed by atoms with Crippen LogP contribution in [0.4, 0.5) is 0 Å². The minimum Gasteiger partial charge on any atom is -0.456 e. The summed E-state index contributed by atoms with van der Waals surface area (Å²) in [6.07, 6.45) is 4.11. The number of hydrogen-bond acceptors (Lipinski definition) is 1. The van der Waals surface area contributed by atoms with Crippen LogP contribution >= 0.6 is 0 Å². The van der Waals surface area contributed by atoms with E-state index < -0.39 is 0 Å². The summed E-state index contributed by atoms with van der Waals surface area (Å²) < 4.78 is 5.81. The molecular weight excluding hydrogens is 196 g/mol. The Hall–Kier alpha value is -2.02. The Balaban J connectivity index is 2.36. The molecule has 0 amide bonds. The van der Waals surface area contributed by atoms with Gasteiger partial charge in [0.25, 0.3) is 0 Å². The first-order chi connectivity index (χ1) is 7.88. The lowest BCUT2D eigenvalue weighted by Crippen LogP contribution is -1.70. The van der Waals surface area contributed by atoms with Crippen LogP contribution in [0.15, 0.2) is 53.0 Å². The van der Waals surface area contributed by atoms with E-state index in [0.29, 0.717) is 0 Å². The van der Waals surface area contributed by atoms with Crippen molar-refractivity contribution in [3.63, 3.8) is 0 Å². The van der Waals surface area contributed by atoms with E-state index in [0.717, 1.165) is 11.2 Å². The van der Waals surface area contributed by atoms with Crippen molar-refractivity contribution < 1.29 is 4.42 Å². The van der Waals surface area contributed by atoms with Crippen LogP contribution in [0, 0.1) is 0 Å². The smallest absolute Gasteiger partial charge is 0.136 e. The van der Waals surface area contributed by atoms with E-state index >= 15 is 0 Å². The van der Waals surface area contributed by atoms with Crippen LogP contribution in [0.25, 0.3) is 28.0 Å². The van der Waals surface area contributed by atoms with E-state index in [1.54, 1.807) is 0 Å². The highest BCUT2D eigenvalue weighted by Gasteiger charge is 2.05. The van der Waals surface area contributed by atoms with E-state index in [4.69, 9.17) is 4.42 Å². The van der Waals surface area contributed by atoms with Crippen molar-refractivity contribution in [2.24, 2.45) is 0 Å². The fourth-order valence-electron chi connectivity index (χ4n) is 2.04. The number of fused-ring (bicyclic) bond motifs is 3. The molecule has 0 saturated heterocycles. The second kappa shape index (κ2) is 3.53. The van der Waals surface area contributed by atoms with Gasteiger partial charge in [0, 0.05) is 10.8 Å². The van der Waals surface area contributed by atoms with Crippen LogP contribution in [-0.4, -0.2) is 0 Å². The summed E-state index contributed by atoms with van der Waals surface area (Å²) in [6, 6.07) is 14.5.